The maximum Gasteiger partial charge on any atom is 0.309 e. The van der Waals surface area contributed by atoms with Crippen molar-refractivity contribution in [3.63, 3.8) is 0 Å². The zero-order valence-corrected chi connectivity index (χ0v) is 23.6. The minimum Gasteiger partial charge on any atom is -0.496 e. The highest BCUT2D eigenvalue weighted by atomic mass is 16.5. The number of carbonyl (C=O) groups is 3. The van der Waals surface area contributed by atoms with Gasteiger partial charge in [-0.2, -0.15) is 5.26 Å². The lowest BCUT2D eigenvalue weighted by molar-refractivity contribution is -0.150. The Balaban J connectivity index is 1.52. The Hall–Kier alpha value is -3.28. The van der Waals surface area contributed by atoms with Crippen molar-refractivity contribution in [2.24, 2.45) is 28.6 Å². The third kappa shape index (κ3) is 6.15. The van der Waals surface area contributed by atoms with Crippen LogP contribution in [0.4, 0.5) is 0 Å². The SMILES string of the molecule is COc1cc(C#N)c(OC2CCC(C)(C(=O)O)CC2)cc1C(=O)N[C@H]1C(C(=O)NCC(C)(C)C)[C@@H]2CC[C@H]1C2. The Morgan fingerprint density at radius 2 is 1.77 bits per heavy atom. The predicted octanol–water partition coefficient (Wildman–Crippen LogP) is 4.29. The number of fused-ring (bicyclic) bond motifs is 2. The van der Waals surface area contributed by atoms with Gasteiger partial charge in [-0.05, 0) is 75.2 Å². The van der Waals surface area contributed by atoms with Gasteiger partial charge in [0.2, 0.25) is 5.91 Å². The molecule has 3 aliphatic carbocycles. The number of methoxy groups -OCH3 is 1. The smallest absolute Gasteiger partial charge is 0.309 e. The van der Waals surface area contributed by atoms with Gasteiger partial charge >= 0.3 is 5.97 Å². The van der Waals surface area contributed by atoms with Crippen molar-refractivity contribution in [2.45, 2.75) is 84.8 Å². The van der Waals surface area contributed by atoms with E-state index in [9.17, 15) is 24.8 Å². The monoisotopic (exact) mass is 539 g/mol. The first-order valence-corrected chi connectivity index (χ1v) is 14.0. The molecular formula is C30H41N3O6. The Labute approximate surface area is 230 Å². The van der Waals surface area contributed by atoms with Crippen molar-refractivity contribution in [1.29, 1.82) is 5.26 Å². The first kappa shape index (κ1) is 28.7. The number of carboxylic acids is 1. The Morgan fingerprint density at radius 3 is 2.36 bits per heavy atom. The summed E-state index contributed by atoms with van der Waals surface area (Å²) in [5, 5.41) is 25.5. The second-order valence-electron chi connectivity index (χ2n) is 13.0. The number of benzene rings is 1. The molecule has 0 radical (unpaired) electrons. The zero-order chi connectivity index (χ0) is 28.5. The molecule has 3 fully saturated rings. The fraction of sp³-hybridized carbons (Fsp3) is 0.667. The van der Waals surface area contributed by atoms with Gasteiger partial charge in [-0.15, -0.1) is 0 Å². The number of carboxylic acid groups (broad SMARTS) is 1. The summed E-state index contributed by atoms with van der Waals surface area (Å²) < 4.78 is 11.6. The van der Waals surface area contributed by atoms with Crippen LogP contribution in [-0.2, 0) is 9.59 Å². The minimum atomic E-state index is -0.812. The number of rotatable bonds is 8. The van der Waals surface area contributed by atoms with Gasteiger partial charge < -0.3 is 25.2 Å². The van der Waals surface area contributed by atoms with Crippen molar-refractivity contribution in [1.82, 2.24) is 10.6 Å². The molecule has 2 amide bonds. The first-order chi connectivity index (χ1) is 18.3. The van der Waals surface area contributed by atoms with Gasteiger partial charge in [-0.25, -0.2) is 0 Å². The summed E-state index contributed by atoms with van der Waals surface area (Å²) in [4.78, 5) is 38.4. The van der Waals surface area contributed by atoms with E-state index >= 15 is 0 Å². The van der Waals surface area contributed by atoms with Crippen LogP contribution in [0.5, 0.6) is 11.5 Å². The molecular weight excluding hydrogens is 498 g/mol. The molecule has 1 aromatic carbocycles. The summed E-state index contributed by atoms with van der Waals surface area (Å²) in [7, 11) is 1.45. The van der Waals surface area contributed by atoms with Crippen LogP contribution in [0.3, 0.4) is 0 Å². The largest absolute Gasteiger partial charge is 0.496 e. The van der Waals surface area contributed by atoms with Gasteiger partial charge in [0.05, 0.1) is 35.7 Å². The minimum absolute atomic E-state index is 0.0103. The van der Waals surface area contributed by atoms with E-state index in [2.05, 4.69) is 37.5 Å². The van der Waals surface area contributed by atoms with E-state index in [-0.39, 0.29) is 69.8 Å². The molecule has 9 nitrogen and oxygen atoms in total. The zero-order valence-electron chi connectivity index (χ0n) is 23.6. The van der Waals surface area contributed by atoms with Crippen LogP contribution in [0, 0.1) is 39.9 Å². The molecule has 0 aromatic heterocycles. The number of hydrogen-bond acceptors (Lipinski definition) is 6. The third-order valence-corrected chi connectivity index (χ3v) is 8.82. The maximum atomic E-state index is 13.6. The topological polar surface area (TPSA) is 138 Å². The lowest BCUT2D eigenvalue weighted by Crippen LogP contribution is -2.50. The number of nitrogens with zero attached hydrogens (tertiary/aromatic N) is 1. The molecule has 2 bridgehead atoms. The van der Waals surface area contributed by atoms with Gasteiger partial charge in [0.15, 0.2) is 0 Å². The van der Waals surface area contributed by atoms with Crippen molar-refractivity contribution in [2.75, 3.05) is 13.7 Å². The predicted molar refractivity (Wildman–Crippen MR) is 144 cm³/mol. The van der Waals surface area contributed by atoms with Gasteiger partial charge in [0, 0.05) is 18.7 Å². The second-order valence-corrected chi connectivity index (χ2v) is 13.0. The average Bonchev–Trinajstić information content (AvgIpc) is 3.50. The van der Waals surface area contributed by atoms with Gasteiger partial charge in [-0.3, -0.25) is 14.4 Å². The molecule has 4 rings (SSSR count). The van der Waals surface area contributed by atoms with Crippen LogP contribution in [0.15, 0.2) is 12.1 Å². The summed E-state index contributed by atoms with van der Waals surface area (Å²) in [5.41, 5.74) is -0.328. The van der Waals surface area contributed by atoms with Gasteiger partial charge in [0.1, 0.15) is 17.6 Å². The van der Waals surface area contributed by atoms with Crippen LogP contribution in [0.25, 0.3) is 0 Å². The van der Waals surface area contributed by atoms with Crippen molar-refractivity contribution < 1.29 is 29.0 Å². The molecule has 1 aromatic rings. The van der Waals surface area contributed by atoms with Crippen LogP contribution < -0.4 is 20.1 Å². The van der Waals surface area contributed by atoms with E-state index in [1.54, 1.807) is 13.0 Å². The van der Waals surface area contributed by atoms with Crippen molar-refractivity contribution in [3.8, 4) is 17.6 Å². The number of carbonyl (C=O) groups excluding carboxylic acids is 2. The second kappa shape index (κ2) is 11.1. The molecule has 212 valence electrons. The number of aliphatic carboxylic acids is 1. The summed E-state index contributed by atoms with van der Waals surface area (Å²) in [5.74, 6) is -0.428. The molecule has 0 spiro atoms. The molecule has 1 unspecified atom stereocenters. The standard InChI is InChI=1S/C30H41N3O6/c1-29(2,3)16-32-27(35)24-17-6-7-18(12-17)25(24)33-26(34)21-14-22(19(15-31)13-23(21)38-5)39-20-8-10-30(4,11-9-20)28(36)37/h13-14,17-18,20,24-25H,6-12,16H2,1-5H3,(H,32,35)(H,33,34)(H,36,37)/t17-,18+,20?,24?,25-,30?/m1/s1. The highest BCUT2D eigenvalue weighted by molar-refractivity contribution is 5.98. The lowest BCUT2D eigenvalue weighted by atomic mass is 9.75. The molecule has 3 N–H and O–H groups in total. The van der Waals surface area contributed by atoms with E-state index in [4.69, 9.17) is 9.47 Å². The quantitative estimate of drug-likeness (QED) is 0.448. The Bertz CT molecular complexity index is 1160. The van der Waals surface area contributed by atoms with E-state index in [1.165, 1.54) is 13.2 Å². The third-order valence-electron chi connectivity index (χ3n) is 8.82. The van der Waals surface area contributed by atoms with Gasteiger partial charge in [-0.1, -0.05) is 20.8 Å². The summed E-state index contributed by atoms with van der Waals surface area (Å²) >= 11 is 0. The summed E-state index contributed by atoms with van der Waals surface area (Å²) in [6.07, 6.45) is 4.67. The normalized spacial score (nSPS) is 29.8. The Kier molecular flexibility index (Phi) is 8.15. The summed E-state index contributed by atoms with van der Waals surface area (Å²) in [6.45, 7) is 8.53. The van der Waals surface area contributed by atoms with Crippen LogP contribution in [0.2, 0.25) is 0 Å². The highest BCUT2D eigenvalue weighted by Crippen LogP contribution is 2.49. The molecule has 0 heterocycles. The molecule has 0 saturated heterocycles. The molecule has 3 aliphatic rings. The first-order valence-electron chi connectivity index (χ1n) is 14.0. The van der Waals surface area contributed by atoms with Crippen molar-refractivity contribution in [3.05, 3.63) is 23.3 Å². The molecule has 3 saturated carbocycles. The van der Waals surface area contributed by atoms with Crippen LogP contribution >= 0.6 is 0 Å². The highest BCUT2D eigenvalue weighted by Gasteiger charge is 2.51. The maximum absolute atomic E-state index is 13.6. The molecule has 4 atom stereocenters. The molecule has 0 aliphatic heterocycles. The fourth-order valence-electron chi connectivity index (χ4n) is 6.41. The Morgan fingerprint density at radius 1 is 1.10 bits per heavy atom. The number of amides is 2. The lowest BCUT2D eigenvalue weighted by Gasteiger charge is -2.34. The fourth-order valence-corrected chi connectivity index (χ4v) is 6.41. The number of nitrogens with one attached hydrogen (secondary N) is 2. The van der Waals surface area contributed by atoms with E-state index in [0.29, 0.717) is 32.2 Å². The van der Waals surface area contributed by atoms with Crippen molar-refractivity contribution >= 4 is 17.8 Å². The van der Waals surface area contributed by atoms with Crippen LogP contribution in [0.1, 0.15) is 88.6 Å². The molecule has 9 heteroatoms. The average molecular weight is 540 g/mol. The summed E-state index contributed by atoms with van der Waals surface area (Å²) in [6, 6.07) is 4.89. The van der Waals surface area contributed by atoms with E-state index in [0.717, 1.165) is 19.3 Å². The van der Waals surface area contributed by atoms with E-state index < -0.39 is 11.4 Å². The molecule has 39 heavy (non-hydrogen) atoms. The number of hydrogen-bond donors (Lipinski definition) is 3. The van der Waals surface area contributed by atoms with Crippen LogP contribution in [-0.4, -0.2) is 48.7 Å². The number of nitriles is 1. The number of ether oxygens (including phenoxy) is 2. The van der Waals surface area contributed by atoms with E-state index in [1.807, 2.05) is 0 Å². The van der Waals surface area contributed by atoms with Gasteiger partial charge in [0.25, 0.3) is 5.91 Å².